The Hall–Kier alpha value is -1.26. The van der Waals surface area contributed by atoms with Crippen LogP contribution in [-0.2, 0) is 9.47 Å². The van der Waals surface area contributed by atoms with Gasteiger partial charge in [-0.05, 0) is 26.2 Å². The summed E-state index contributed by atoms with van der Waals surface area (Å²) in [6.07, 6.45) is -1.26. The number of carbonyl (C=O) groups excluding carboxylic acids is 2. The Morgan fingerprint density at radius 3 is 2.24 bits per heavy atom. The normalized spacial score (nSPS) is 21.4. The van der Waals surface area contributed by atoms with E-state index in [-0.39, 0.29) is 18.1 Å². The van der Waals surface area contributed by atoms with Gasteiger partial charge in [0.1, 0.15) is 12.2 Å². The van der Waals surface area contributed by atoms with Crippen LogP contribution in [0.2, 0.25) is 0 Å². The monoisotopic (exact) mass is 243 g/mol. The van der Waals surface area contributed by atoms with E-state index in [2.05, 4.69) is 0 Å². The van der Waals surface area contributed by atoms with E-state index in [1.54, 1.807) is 20.8 Å². The molecule has 1 fully saturated rings. The van der Waals surface area contributed by atoms with Crippen LogP contribution in [-0.4, -0.2) is 35.3 Å². The molecular formula is C12H21NO4. The highest BCUT2D eigenvalue weighted by Crippen LogP contribution is 2.30. The minimum Gasteiger partial charge on any atom is -0.447 e. The van der Waals surface area contributed by atoms with Gasteiger partial charge in [-0.15, -0.1) is 0 Å². The largest absolute Gasteiger partial charge is 0.447 e. The van der Waals surface area contributed by atoms with E-state index in [9.17, 15) is 9.59 Å². The van der Waals surface area contributed by atoms with Gasteiger partial charge in [0.15, 0.2) is 0 Å². The van der Waals surface area contributed by atoms with Gasteiger partial charge in [0.05, 0.1) is 6.04 Å². The van der Waals surface area contributed by atoms with Crippen molar-refractivity contribution < 1.29 is 19.1 Å². The fourth-order valence-electron chi connectivity index (χ4n) is 1.57. The molecule has 1 aliphatic rings. The Balaban J connectivity index is 2.86. The average Bonchev–Trinajstić information content (AvgIpc) is 2.42. The summed E-state index contributed by atoms with van der Waals surface area (Å²) in [7, 11) is 0. The van der Waals surface area contributed by atoms with Gasteiger partial charge < -0.3 is 9.47 Å². The highest BCUT2D eigenvalue weighted by molar-refractivity contribution is 5.89. The van der Waals surface area contributed by atoms with Gasteiger partial charge in [-0.3, -0.25) is 0 Å². The van der Waals surface area contributed by atoms with Crippen LogP contribution in [0, 0.1) is 5.41 Å². The van der Waals surface area contributed by atoms with Gasteiger partial charge in [-0.25, -0.2) is 14.5 Å². The molecule has 0 spiro atoms. The van der Waals surface area contributed by atoms with Crippen molar-refractivity contribution in [1.29, 1.82) is 0 Å². The summed E-state index contributed by atoms with van der Waals surface area (Å²) in [5.74, 6) is 0. The molecule has 2 amide bonds. The third-order valence-corrected chi connectivity index (χ3v) is 2.46. The summed E-state index contributed by atoms with van der Waals surface area (Å²) in [5, 5.41) is 0. The predicted octanol–water partition coefficient (Wildman–Crippen LogP) is 2.79. The minimum atomic E-state index is -0.639. The summed E-state index contributed by atoms with van der Waals surface area (Å²) in [5.41, 5.74) is -0.856. The van der Waals surface area contributed by atoms with Crippen molar-refractivity contribution >= 4 is 12.2 Å². The Labute approximate surface area is 102 Å². The third-order valence-electron chi connectivity index (χ3n) is 2.46. The minimum absolute atomic E-state index is 0.224. The summed E-state index contributed by atoms with van der Waals surface area (Å²) < 4.78 is 10.1. The lowest BCUT2D eigenvalue weighted by atomic mass is 9.87. The molecule has 1 rings (SSSR count). The lowest BCUT2D eigenvalue weighted by Gasteiger charge is -2.32. The van der Waals surface area contributed by atoms with E-state index < -0.39 is 17.8 Å². The van der Waals surface area contributed by atoms with Crippen LogP contribution in [0.1, 0.15) is 41.5 Å². The third kappa shape index (κ3) is 3.35. The number of rotatable bonds is 0. The predicted molar refractivity (Wildman–Crippen MR) is 62.7 cm³/mol. The quantitative estimate of drug-likeness (QED) is 0.656. The van der Waals surface area contributed by atoms with Crippen LogP contribution in [0.5, 0.6) is 0 Å². The van der Waals surface area contributed by atoms with Gasteiger partial charge in [-0.2, -0.15) is 0 Å². The zero-order valence-electron chi connectivity index (χ0n) is 11.4. The highest BCUT2D eigenvalue weighted by atomic mass is 16.6. The number of imide groups is 1. The van der Waals surface area contributed by atoms with Crippen molar-refractivity contribution in [3.8, 4) is 0 Å². The number of hydrogen-bond donors (Lipinski definition) is 0. The number of cyclic esters (lactones) is 1. The average molecular weight is 243 g/mol. The van der Waals surface area contributed by atoms with E-state index in [1.165, 1.54) is 0 Å². The molecule has 0 aliphatic carbocycles. The summed E-state index contributed by atoms with van der Waals surface area (Å²) in [6.45, 7) is 11.4. The molecule has 0 aromatic rings. The SMILES string of the molecule is CC(C)(C)OC(=O)N1C(=O)OC[C@@H]1C(C)(C)C. The smallest absolute Gasteiger partial charge is 0.420 e. The maximum Gasteiger partial charge on any atom is 0.420 e. The Kier molecular flexibility index (Phi) is 3.41. The first kappa shape index (κ1) is 13.8. The van der Waals surface area contributed by atoms with Crippen LogP contribution in [0.4, 0.5) is 9.59 Å². The molecule has 0 radical (unpaired) electrons. The summed E-state index contributed by atoms with van der Waals surface area (Å²) >= 11 is 0. The van der Waals surface area contributed by atoms with Crippen LogP contribution in [0.3, 0.4) is 0 Å². The van der Waals surface area contributed by atoms with Gasteiger partial charge in [0.25, 0.3) is 0 Å². The van der Waals surface area contributed by atoms with Crippen LogP contribution in [0.25, 0.3) is 0 Å². The van der Waals surface area contributed by atoms with E-state index in [1.807, 2.05) is 20.8 Å². The van der Waals surface area contributed by atoms with E-state index in [0.717, 1.165) is 4.90 Å². The number of nitrogens with zero attached hydrogens (tertiary/aromatic N) is 1. The molecule has 1 heterocycles. The first-order chi connectivity index (χ1) is 7.52. The van der Waals surface area contributed by atoms with Gasteiger partial charge in [0.2, 0.25) is 0 Å². The molecule has 1 aliphatic heterocycles. The first-order valence-electron chi connectivity index (χ1n) is 5.71. The van der Waals surface area contributed by atoms with Crippen molar-refractivity contribution in [2.75, 3.05) is 6.61 Å². The molecule has 1 atom stereocenters. The van der Waals surface area contributed by atoms with Crippen molar-refractivity contribution in [2.45, 2.75) is 53.2 Å². The van der Waals surface area contributed by atoms with Crippen molar-refractivity contribution in [2.24, 2.45) is 5.41 Å². The molecule has 17 heavy (non-hydrogen) atoms. The Bertz CT molecular complexity index is 324. The molecule has 1 saturated heterocycles. The Morgan fingerprint density at radius 1 is 1.29 bits per heavy atom. The summed E-state index contributed by atoms with van der Waals surface area (Å²) in [4.78, 5) is 24.6. The van der Waals surface area contributed by atoms with E-state index in [0.29, 0.717) is 0 Å². The molecule has 0 aromatic heterocycles. The number of ether oxygens (including phenoxy) is 2. The fourth-order valence-corrected chi connectivity index (χ4v) is 1.57. The van der Waals surface area contributed by atoms with Gasteiger partial charge in [-0.1, -0.05) is 20.8 Å². The second-order valence-electron chi connectivity index (χ2n) is 6.31. The van der Waals surface area contributed by atoms with Crippen LogP contribution < -0.4 is 0 Å². The summed E-state index contributed by atoms with van der Waals surface area (Å²) in [6, 6.07) is -0.287. The van der Waals surface area contributed by atoms with E-state index >= 15 is 0 Å². The first-order valence-corrected chi connectivity index (χ1v) is 5.71. The molecule has 0 aromatic carbocycles. The van der Waals surface area contributed by atoms with Crippen LogP contribution in [0.15, 0.2) is 0 Å². The maximum absolute atomic E-state index is 11.9. The maximum atomic E-state index is 11.9. The number of amides is 2. The van der Waals surface area contributed by atoms with Gasteiger partial charge >= 0.3 is 12.2 Å². The zero-order chi connectivity index (χ0) is 13.4. The molecule has 5 heteroatoms. The fraction of sp³-hybridized carbons (Fsp3) is 0.833. The molecule has 0 bridgehead atoms. The molecule has 98 valence electrons. The lowest BCUT2D eigenvalue weighted by molar-refractivity contribution is 0.0216. The molecule has 0 saturated carbocycles. The lowest BCUT2D eigenvalue weighted by Crippen LogP contribution is -2.47. The number of carbonyl (C=O) groups is 2. The molecule has 0 unspecified atom stereocenters. The van der Waals surface area contributed by atoms with Gasteiger partial charge in [0, 0.05) is 0 Å². The van der Waals surface area contributed by atoms with E-state index in [4.69, 9.17) is 9.47 Å². The molecule has 5 nitrogen and oxygen atoms in total. The van der Waals surface area contributed by atoms with Crippen molar-refractivity contribution in [3.05, 3.63) is 0 Å². The molecule has 0 N–H and O–H groups in total. The topological polar surface area (TPSA) is 55.8 Å². The van der Waals surface area contributed by atoms with Crippen LogP contribution >= 0.6 is 0 Å². The zero-order valence-corrected chi connectivity index (χ0v) is 11.4. The molecular weight excluding hydrogens is 222 g/mol. The van der Waals surface area contributed by atoms with Crippen molar-refractivity contribution in [3.63, 3.8) is 0 Å². The second kappa shape index (κ2) is 4.20. The number of hydrogen-bond acceptors (Lipinski definition) is 4. The Morgan fingerprint density at radius 2 is 1.82 bits per heavy atom. The standard InChI is InChI=1S/C12H21NO4/c1-11(2,3)8-7-16-9(14)13(8)10(15)17-12(4,5)6/h8H,7H2,1-6H3/t8-/m1/s1. The van der Waals surface area contributed by atoms with Crippen molar-refractivity contribution in [1.82, 2.24) is 4.90 Å². The highest BCUT2D eigenvalue weighted by Gasteiger charge is 2.45. The second-order valence-corrected chi connectivity index (χ2v) is 6.31.